The fourth-order valence-corrected chi connectivity index (χ4v) is 2.27. The van der Waals surface area contributed by atoms with Gasteiger partial charge in [-0.2, -0.15) is 0 Å². The van der Waals surface area contributed by atoms with Crippen molar-refractivity contribution in [3.05, 3.63) is 48.1 Å². The summed E-state index contributed by atoms with van der Waals surface area (Å²) < 4.78 is 0. The van der Waals surface area contributed by atoms with Crippen molar-refractivity contribution in [2.75, 3.05) is 5.43 Å². The number of hydrazine groups is 1. The quantitative estimate of drug-likeness (QED) is 0.564. The van der Waals surface area contributed by atoms with Gasteiger partial charge in [0.15, 0.2) is 5.82 Å². The van der Waals surface area contributed by atoms with Gasteiger partial charge in [0, 0.05) is 17.8 Å². The SMILES string of the molecule is NNc1cc(-c2ccccc2)nc(-c2cncs2)n1. The zero-order valence-corrected chi connectivity index (χ0v) is 10.8. The van der Waals surface area contributed by atoms with Crippen molar-refractivity contribution >= 4 is 17.2 Å². The smallest absolute Gasteiger partial charge is 0.173 e. The third-order valence-corrected chi connectivity index (χ3v) is 3.37. The van der Waals surface area contributed by atoms with Crippen molar-refractivity contribution in [3.8, 4) is 22.0 Å². The number of rotatable bonds is 3. The first-order valence-electron chi connectivity index (χ1n) is 5.67. The minimum Gasteiger partial charge on any atom is -0.308 e. The molecule has 0 amide bonds. The number of benzene rings is 1. The zero-order chi connectivity index (χ0) is 13.1. The van der Waals surface area contributed by atoms with Crippen LogP contribution in [0.25, 0.3) is 22.0 Å². The molecule has 0 bridgehead atoms. The normalized spacial score (nSPS) is 10.4. The maximum atomic E-state index is 5.47. The van der Waals surface area contributed by atoms with Crippen LogP contribution in [0.5, 0.6) is 0 Å². The Morgan fingerprint density at radius 2 is 1.95 bits per heavy atom. The van der Waals surface area contributed by atoms with Gasteiger partial charge < -0.3 is 5.43 Å². The highest BCUT2D eigenvalue weighted by atomic mass is 32.1. The highest BCUT2D eigenvalue weighted by Gasteiger charge is 2.09. The molecule has 0 aliphatic rings. The standard InChI is InChI=1S/C13H11N5S/c14-18-12-6-10(9-4-2-1-3-5-9)16-13(17-12)11-7-15-8-19-11/h1-8H,14H2,(H,16,17,18). The van der Waals surface area contributed by atoms with Crippen molar-refractivity contribution in [1.29, 1.82) is 0 Å². The van der Waals surface area contributed by atoms with E-state index in [1.54, 1.807) is 11.7 Å². The molecule has 3 aromatic rings. The highest BCUT2D eigenvalue weighted by Crippen LogP contribution is 2.25. The fraction of sp³-hybridized carbons (Fsp3) is 0. The Morgan fingerprint density at radius 1 is 1.11 bits per heavy atom. The third-order valence-electron chi connectivity index (χ3n) is 2.60. The molecule has 0 aliphatic heterocycles. The largest absolute Gasteiger partial charge is 0.308 e. The van der Waals surface area contributed by atoms with Gasteiger partial charge in [0.05, 0.1) is 16.1 Å². The van der Waals surface area contributed by atoms with Crippen LogP contribution in [0.1, 0.15) is 0 Å². The first kappa shape index (κ1) is 11.8. The second-order valence-corrected chi connectivity index (χ2v) is 4.72. The minimum absolute atomic E-state index is 0.581. The second kappa shape index (κ2) is 5.13. The molecular weight excluding hydrogens is 258 g/mol. The van der Waals surface area contributed by atoms with E-state index in [0.29, 0.717) is 11.6 Å². The van der Waals surface area contributed by atoms with E-state index < -0.39 is 0 Å². The van der Waals surface area contributed by atoms with Crippen LogP contribution in [0.4, 0.5) is 5.82 Å². The van der Waals surface area contributed by atoms with Gasteiger partial charge in [-0.15, -0.1) is 11.3 Å². The summed E-state index contributed by atoms with van der Waals surface area (Å²) in [4.78, 5) is 13.9. The van der Waals surface area contributed by atoms with E-state index in [2.05, 4.69) is 20.4 Å². The van der Waals surface area contributed by atoms with Gasteiger partial charge in [0.25, 0.3) is 0 Å². The molecule has 1 aromatic carbocycles. The maximum absolute atomic E-state index is 5.47. The third kappa shape index (κ3) is 2.44. The summed E-state index contributed by atoms with van der Waals surface area (Å²) in [5.74, 6) is 6.67. The monoisotopic (exact) mass is 269 g/mol. The molecule has 0 radical (unpaired) electrons. The Labute approximate surface area is 114 Å². The lowest BCUT2D eigenvalue weighted by molar-refractivity contribution is 1.15. The van der Waals surface area contributed by atoms with E-state index in [1.807, 2.05) is 36.4 Å². The van der Waals surface area contributed by atoms with E-state index >= 15 is 0 Å². The molecule has 3 N–H and O–H groups in total. The number of aromatic nitrogens is 3. The summed E-state index contributed by atoms with van der Waals surface area (Å²) in [6, 6.07) is 11.7. The van der Waals surface area contributed by atoms with Gasteiger partial charge in [0.1, 0.15) is 5.82 Å². The van der Waals surface area contributed by atoms with Gasteiger partial charge in [-0.3, -0.25) is 4.98 Å². The molecule has 6 heteroatoms. The van der Waals surface area contributed by atoms with Crippen molar-refractivity contribution in [3.63, 3.8) is 0 Å². The molecule has 2 heterocycles. The van der Waals surface area contributed by atoms with E-state index in [9.17, 15) is 0 Å². The Bertz CT molecular complexity index is 667. The number of nitrogen functional groups attached to an aromatic ring is 1. The Kier molecular flexibility index (Phi) is 3.18. The van der Waals surface area contributed by atoms with Crippen LogP contribution in [-0.2, 0) is 0 Å². The molecule has 0 spiro atoms. The molecular formula is C13H11N5S. The lowest BCUT2D eigenvalue weighted by atomic mass is 10.1. The molecule has 0 atom stereocenters. The summed E-state index contributed by atoms with van der Waals surface area (Å²) in [5.41, 5.74) is 6.17. The minimum atomic E-state index is 0.581. The van der Waals surface area contributed by atoms with Crippen molar-refractivity contribution in [1.82, 2.24) is 15.0 Å². The molecule has 5 nitrogen and oxygen atoms in total. The summed E-state index contributed by atoms with van der Waals surface area (Å²) in [7, 11) is 0. The summed E-state index contributed by atoms with van der Waals surface area (Å²) >= 11 is 1.49. The van der Waals surface area contributed by atoms with E-state index in [4.69, 9.17) is 5.84 Å². The number of nitrogens with zero attached hydrogens (tertiary/aromatic N) is 3. The first-order chi connectivity index (χ1) is 9.36. The number of anilines is 1. The molecule has 0 aliphatic carbocycles. The van der Waals surface area contributed by atoms with Gasteiger partial charge >= 0.3 is 0 Å². The van der Waals surface area contributed by atoms with Crippen LogP contribution >= 0.6 is 11.3 Å². The lowest BCUT2D eigenvalue weighted by Gasteiger charge is -2.06. The highest BCUT2D eigenvalue weighted by molar-refractivity contribution is 7.13. The molecule has 94 valence electrons. The Morgan fingerprint density at radius 3 is 2.63 bits per heavy atom. The topological polar surface area (TPSA) is 76.7 Å². The van der Waals surface area contributed by atoms with Crippen molar-refractivity contribution in [2.24, 2.45) is 5.84 Å². The van der Waals surface area contributed by atoms with Crippen LogP contribution in [0.2, 0.25) is 0 Å². The molecule has 0 fully saturated rings. The fourth-order valence-electron chi connectivity index (χ4n) is 1.71. The summed E-state index contributed by atoms with van der Waals surface area (Å²) in [5, 5.41) is 0. The summed E-state index contributed by atoms with van der Waals surface area (Å²) in [6.45, 7) is 0. The Hall–Kier alpha value is -2.31. The van der Waals surface area contributed by atoms with E-state index in [1.165, 1.54) is 11.3 Å². The molecule has 0 saturated carbocycles. The number of hydrogen-bond acceptors (Lipinski definition) is 6. The maximum Gasteiger partial charge on any atom is 0.173 e. The van der Waals surface area contributed by atoms with Gasteiger partial charge in [-0.05, 0) is 0 Å². The molecule has 3 rings (SSSR count). The molecule has 19 heavy (non-hydrogen) atoms. The molecule has 0 unspecified atom stereocenters. The summed E-state index contributed by atoms with van der Waals surface area (Å²) in [6.07, 6.45) is 1.75. The van der Waals surface area contributed by atoms with Crippen LogP contribution in [0.3, 0.4) is 0 Å². The van der Waals surface area contributed by atoms with Crippen LogP contribution < -0.4 is 11.3 Å². The second-order valence-electron chi connectivity index (χ2n) is 3.84. The first-order valence-corrected chi connectivity index (χ1v) is 6.55. The van der Waals surface area contributed by atoms with Crippen molar-refractivity contribution < 1.29 is 0 Å². The van der Waals surface area contributed by atoms with Crippen LogP contribution in [-0.4, -0.2) is 15.0 Å². The van der Waals surface area contributed by atoms with E-state index in [0.717, 1.165) is 16.1 Å². The van der Waals surface area contributed by atoms with Crippen LogP contribution in [0, 0.1) is 0 Å². The Balaban J connectivity index is 2.13. The average Bonchev–Trinajstić information content (AvgIpc) is 3.02. The van der Waals surface area contributed by atoms with Gasteiger partial charge in [0.2, 0.25) is 0 Å². The molecule has 2 aromatic heterocycles. The average molecular weight is 269 g/mol. The van der Waals surface area contributed by atoms with Gasteiger partial charge in [-0.25, -0.2) is 15.8 Å². The zero-order valence-electron chi connectivity index (χ0n) is 9.95. The number of nitrogens with one attached hydrogen (secondary N) is 1. The predicted molar refractivity (Wildman–Crippen MR) is 76.4 cm³/mol. The van der Waals surface area contributed by atoms with Gasteiger partial charge in [-0.1, -0.05) is 30.3 Å². The number of hydrogen-bond donors (Lipinski definition) is 2. The molecule has 0 saturated heterocycles. The predicted octanol–water partition coefficient (Wildman–Crippen LogP) is 2.55. The number of nitrogens with two attached hydrogens (primary N) is 1. The van der Waals surface area contributed by atoms with Crippen molar-refractivity contribution in [2.45, 2.75) is 0 Å². The lowest BCUT2D eigenvalue weighted by Crippen LogP contribution is -2.09. The van der Waals surface area contributed by atoms with Crippen LogP contribution in [0.15, 0.2) is 48.1 Å². The number of thiazole rings is 1. The van der Waals surface area contributed by atoms with E-state index in [-0.39, 0.29) is 0 Å².